The van der Waals surface area contributed by atoms with E-state index in [0.29, 0.717) is 12.3 Å². The second kappa shape index (κ2) is 6.64. The van der Waals surface area contributed by atoms with Gasteiger partial charge in [-0.25, -0.2) is 0 Å². The van der Waals surface area contributed by atoms with Crippen LogP contribution in [0.5, 0.6) is 0 Å². The second-order valence-corrected chi connectivity index (χ2v) is 6.86. The Hall–Kier alpha value is -1.30. The maximum Gasteiger partial charge on any atom is 0.226 e. The fourth-order valence-electron chi connectivity index (χ4n) is 4.00. The number of carbonyl (C=O) groups excluding carboxylic acids is 2. The largest absolute Gasteiger partial charge is 0.393 e. The summed E-state index contributed by atoms with van der Waals surface area (Å²) < 4.78 is 0. The third kappa shape index (κ3) is 3.87. The van der Waals surface area contributed by atoms with Gasteiger partial charge < -0.3 is 5.11 Å². The highest BCUT2D eigenvalue weighted by molar-refractivity contribution is 5.97. The van der Waals surface area contributed by atoms with Gasteiger partial charge in [0, 0.05) is 18.8 Å². The molecule has 6 nitrogen and oxygen atoms in total. The van der Waals surface area contributed by atoms with E-state index in [-0.39, 0.29) is 48.5 Å². The van der Waals surface area contributed by atoms with Gasteiger partial charge in [-0.3, -0.25) is 14.9 Å². The van der Waals surface area contributed by atoms with Crippen LogP contribution in [0.2, 0.25) is 0 Å². The number of imide groups is 1. The molecule has 21 heavy (non-hydrogen) atoms. The van der Waals surface area contributed by atoms with E-state index in [2.05, 4.69) is 17.4 Å². The third-order valence-corrected chi connectivity index (χ3v) is 4.89. The molecule has 5 unspecified atom stereocenters. The number of carbonyl (C=O) groups is 2. The van der Waals surface area contributed by atoms with Gasteiger partial charge in [0.1, 0.15) is 0 Å². The molecule has 0 bridgehead atoms. The summed E-state index contributed by atoms with van der Waals surface area (Å²) in [6.07, 6.45) is 1.95. The van der Waals surface area contributed by atoms with Crippen LogP contribution < -0.4 is 5.32 Å². The van der Waals surface area contributed by atoms with Gasteiger partial charge in [0.25, 0.3) is 0 Å². The number of nitroso groups, excluding NO2 is 1. The molecule has 6 heteroatoms. The van der Waals surface area contributed by atoms with Crippen molar-refractivity contribution in [1.29, 1.82) is 0 Å². The predicted octanol–water partition coefficient (Wildman–Crippen LogP) is 1.61. The van der Waals surface area contributed by atoms with Crippen LogP contribution in [0.15, 0.2) is 5.18 Å². The van der Waals surface area contributed by atoms with Crippen LogP contribution in [0.3, 0.4) is 0 Å². The number of aliphatic hydroxyl groups excluding tert-OH is 1. The third-order valence-electron chi connectivity index (χ3n) is 4.89. The van der Waals surface area contributed by atoms with Crippen molar-refractivity contribution in [3.05, 3.63) is 4.91 Å². The highest BCUT2D eigenvalue weighted by Crippen LogP contribution is 2.39. The molecule has 1 aliphatic carbocycles. The Morgan fingerprint density at radius 3 is 2.43 bits per heavy atom. The Balaban J connectivity index is 2.00. The van der Waals surface area contributed by atoms with E-state index in [1.54, 1.807) is 0 Å². The van der Waals surface area contributed by atoms with Crippen LogP contribution in [-0.4, -0.2) is 29.1 Å². The van der Waals surface area contributed by atoms with E-state index in [4.69, 9.17) is 0 Å². The van der Waals surface area contributed by atoms with Gasteiger partial charge in [0.15, 0.2) is 0 Å². The molecule has 2 amide bonds. The van der Waals surface area contributed by atoms with Crippen LogP contribution in [0.4, 0.5) is 0 Å². The summed E-state index contributed by atoms with van der Waals surface area (Å²) in [7, 11) is 0. The molecule has 1 heterocycles. The average Bonchev–Trinajstić information content (AvgIpc) is 2.36. The van der Waals surface area contributed by atoms with Crippen LogP contribution in [0.25, 0.3) is 0 Å². The molecule has 1 aliphatic heterocycles. The van der Waals surface area contributed by atoms with E-state index < -0.39 is 6.10 Å². The molecular weight excluding hydrogens is 272 g/mol. The van der Waals surface area contributed by atoms with Crippen LogP contribution >= 0.6 is 0 Å². The lowest BCUT2D eigenvalue weighted by Crippen LogP contribution is -2.43. The molecule has 2 aliphatic rings. The quantitative estimate of drug-likeness (QED) is 0.608. The first-order valence-corrected chi connectivity index (χ1v) is 7.74. The van der Waals surface area contributed by atoms with Gasteiger partial charge in [0.05, 0.1) is 12.1 Å². The average molecular weight is 296 g/mol. The SMILES string of the molecule is CC1CC(C)C(N=O)C(C(O)CC2CC(=O)NC(=O)C2)C1. The lowest BCUT2D eigenvalue weighted by molar-refractivity contribution is -0.135. The molecule has 118 valence electrons. The maximum absolute atomic E-state index is 11.4. The zero-order valence-corrected chi connectivity index (χ0v) is 12.6. The molecule has 2 fully saturated rings. The Morgan fingerprint density at radius 1 is 1.24 bits per heavy atom. The molecule has 1 saturated carbocycles. The summed E-state index contributed by atoms with van der Waals surface area (Å²) >= 11 is 0. The highest BCUT2D eigenvalue weighted by atomic mass is 16.3. The first-order valence-electron chi connectivity index (χ1n) is 7.74. The van der Waals surface area contributed by atoms with Crippen molar-refractivity contribution >= 4 is 11.8 Å². The van der Waals surface area contributed by atoms with Gasteiger partial charge in [-0.1, -0.05) is 19.0 Å². The zero-order chi connectivity index (χ0) is 15.6. The summed E-state index contributed by atoms with van der Waals surface area (Å²) in [5, 5.41) is 16.0. The minimum absolute atomic E-state index is 0.138. The summed E-state index contributed by atoms with van der Waals surface area (Å²) in [5.74, 6) is -0.240. The minimum Gasteiger partial charge on any atom is -0.393 e. The maximum atomic E-state index is 11.4. The Labute approximate surface area is 124 Å². The predicted molar refractivity (Wildman–Crippen MR) is 77.1 cm³/mol. The standard InChI is InChI=1S/C15H24N2O4/c1-8-3-9(2)15(17-21)11(4-8)12(18)5-10-6-13(19)16-14(20)7-10/h8-12,15,18H,3-7H2,1-2H3,(H,16,19,20). The molecule has 1 saturated heterocycles. The van der Waals surface area contributed by atoms with E-state index in [1.807, 2.05) is 6.92 Å². The summed E-state index contributed by atoms with van der Waals surface area (Å²) in [5.41, 5.74) is 0. The number of hydrogen-bond donors (Lipinski definition) is 2. The van der Waals surface area contributed by atoms with Crippen molar-refractivity contribution in [2.45, 2.75) is 58.1 Å². The molecule has 0 aromatic rings. The van der Waals surface area contributed by atoms with Crippen molar-refractivity contribution < 1.29 is 14.7 Å². The fraction of sp³-hybridized carbons (Fsp3) is 0.867. The number of piperidine rings is 1. The first kappa shape index (κ1) is 16.1. The van der Waals surface area contributed by atoms with Gasteiger partial charge in [-0.15, -0.1) is 0 Å². The monoisotopic (exact) mass is 296 g/mol. The number of aliphatic hydroxyl groups is 1. The Morgan fingerprint density at radius 2 is 1.86 bits per heavy atom. The summed E-state index contributed by atoms with van der Waals surface area (Å²) in [6.45, 7) is 4.12. The fourth-order valence-corrected chi connectivity index (χ4v) is 4.00. The van der Waals surface area contributed by atoms with Crippen molar-refractivity contribution in [3.63, 3.8) is 0 Å². The minimum atomic E-state index is -0.679. The lowest BCUT2D eigenvalue weighted by atomic mass is 9.69. The molecule has 0 aromatic heterocycles. The normalized spacial score (nSPS) is 36.1. The van der Waals surface area contributed by atoms with Crippen LogP contribution in [-0.2, 0) is 9.59 Å². The van der Waals surface area contributed by atoms with Crippen molar-refractivity contribution in [2.75, 3.05) is 0 Å². The Bertz CT molecular complexity index is 410. The topological polar surface area (TPSA) is 95.8 Å². The first-order chi connectivity index (χ1) is 9.90. The number of nitrogens with one attached hydrogen (secondary N) is 1. The van der Waals surface area contributed by atoms with Crippen molar-refractivity contribution in [3.8, 4) is 0 Å². The van der Waals surface area contributed by atoms with Gasteiger partial charge >= 0.3 is 0 Å². The molecule has 0 aromatic carbocycles. The second-order valence-electron chi connectivity index (χ2n) is 6.86. The molecule has 0 spiro atoms. The van der Waals surface area contributed by atoms with E-state index in [1.165, 1.54) is 0 Å². The molecule has 5 atom stereocenters. The van der Waals surface area contributed by atoms with Crippen molar-refractivity contribution in [1.82, 2.24) is 5.32 Å². The molecule has 2 rings (SSSR count). The number of nitrogens with zero attached hydrogens (tertiary/aromatic N) is 1. The smallest absolute Gasteiger partial charge is 0.226 e. The zero-order valence-electron chi connectivity index (χ0n) is 12.6. The molecular formula is C15H24N2O4. The molecule has 0 radical (unpaired) electrons. The number of amides is 2. The van der Waals surface area contributed by atoms with Crippen LogP contribution in [0.1, 0.15) is 46.0 Å². The van der Waals surface area contributed by atoms with E-state index >= 15 is 0 Å². The van der Waals surface area contributed by atoms with Gasteiger partial charge in [-0.05, 0) is 37.0 Å². The summed E-state index contributed by atoms with van der Waals surface area (Å²) in [6, 6.07) is -0.371. The number of rotatable bonds is 4. The lowest BCUT2D eigenvalue weighted by Gasteiger charge is -2.39. The molecule has 2 N–H and O–H groups in total. The van der Waals surface area contributed by atoms with E-state index in [0.717, 1.165) is 12.8 Å². The van der Waals surface area contributed by atoms with Crippen LogP contribution in [0, 0.1) is 28.6 Å². The van der Waals surface area contributed by atoms with Crippen molar-refractivity contribution in [2.24, 2.45) is 28.8 Å². The summed E-state index contributed by atoms with van der Waals surface area (Å²) in [4.78, 5) is 33.9. The highest BCUT2D eigenvalue weighted by Gasteiger charge is 2.40. The Kier molecular flexibility index (Phi) is 5.08. The van der Waals surface area contributed by atoms with E-state index in [9.17, 15) is 19.6 Å². The van der Waals surface area contributed by atoms with Gasteiger partial charge in [0.2, 0.25) is 11.8 Å². The number of hydrogen-bond acceptors (Lipinski definition) is 5. The van der Waals surface area contributed by atoms with Gasteiger partial charge in [-0.2, -0.15) is 4.91 Å².